The van der Waals surface area contributed by atoms with Crippen LogP contribution in [-0.4, -0.2) is 5.97 Å². The molecule has 0 atom stereocenters. The molecule has 2 aromatic carbocycles. The number of halogens is 3. The normalized spacial score (nSPS) is 11.1. The summed E-state index contributed by atoms with van der Waals surface area (Å²) in [4.78, 5) is 11.7. The topological polar surface area (TPSA) is 26.3 Å². The van der Waals surface area contributed by atoms with Crippen LogP contribution in [-0.2, 0) is 6.18 Å². The van der Waals surface area contributed by atoms with Crippen molar-refractivity contribution in [1.82, 2.24) is 0 Å². The number of benzene rings is 2. The highest BCUT2D eigenvalue weighted by Crippen LogP contribution is 2.36. The molecule has 98 valence electrons. The van der Waals surface area contributed by atoms with E-state index >= 15 is 0 Å². The van der Waals surface area contributed by atoms with Gasteiger partial charge in [-0.3, -0.25) is 0 Å². The standard InChI is InChI=1S/C14H9F3O2/c15-14(16,17)11-8-4-5-9-12(11)19-13(18)10-6-2-1-3-7-10/h1-9H. The maximum absolute atomic E-state index is 12.7. The monoisotopic (exact) mass is 266 g/mol. The third-order valence-corrected chi connectivity index (χ3v) is 2.40. The van der Waals surface area contributed by atoms with Crippen molar-refractivity contribution in [3.63, 3.8) is 0 Å². The number of alkyl halides is 3. The number of ether oxygens (including phenoxy) is 1. The summed E-state index contributed by atoms with van der Waals surface area (Å²) < 4.78 is 42.9. The zero-order valence-electron chi connectivity index (χ0n) is 9.65. The van der Waals surface area contributed by atoms with Gasteiger partial charge in [0.05, 0.1) is 11.1 Å². The summed E-state index contributed by atoms with van der Waals surface area (Å²) >= 11 is 0. The number of carbonyl (C=O) groups excluding carboxylic acids is 1. The van der Waals surface area contributed by atoms with Gasteiger partial charge in [-0.05, 0) is 24.3 Å². The van der Waals surface area contributed by atoms with Crippen LogP contribution >= 0.6 is 0 Å². The molecule has 2 aromatic rings. The van der Waals surface area contributed by atoms with Gasteiger partial charge in [-0.2, -0.15) is 13.2 Å². The van der Waals surface area contributed by atoms with E-state index in [0.29, 0.717) is 0 Å². The molecule has 0 aliphatic carbocycles. The molecule has 0 fully saturated rings. The van der Waals surface area contributed by atoms with E-state index < -0.39 is 23.5 Å². The van der Waals surface area contributed by atoms with Crippen molar-refractivity contribution in [2.45, 2.75) is 6.18 Å². The van der Waals surface area contributed by atoms with Crippen LogP contribution in [0.15, 0.2) is 54.6 Å². The largest absolute Gasteiger partial charge is 0.422 e. The van der Waals surface area contributed by atoms with Gasteiger partial charge in [0.1, 0.15) is 5.75 Å². The molecular formula is C14H9F3O2. The first-order valence-electron chi connectivity index (χ1n) is 5.42. The van der Waals surface area contributed by atoms with Crippen molar-refractivity contribution in [3.8, 4) is 5.75 Å². The van der Waals surface area contributed by atoms with E-state index in [1.165, 1.54) is 24.3 Å². The van der Waals surface area contributed by atoms with Crippen LogP contribution in [0.1, 0.15) is 15.9 Å². The van der Waals surface area contributed by atoms with Gasteiger partial charge < -0.3 is 4.74 Å². The Morgan fingerprint density at radius 1 is 0.895 bits per heavy atom. The second-order valence-corrected chi connectivity index (χ2v) is 3.75. The number of hydrogen-bond acceptors (Lipinski definition) is 2. The molecule has 0 aliphatic rings. The van der Waals surface area contributed by atoms with Crippen molar-refractivity contribution in [1.29, 1.82) is 0 Å². The van der Waals surface area contributed by atoms with Crippen LogP contribution in [0.4, 0.5) is 13.2 Å². The first-order valence-corrected chi connectivity index (χ1v) is 5.42. The fraction of sp³-hybridized carbons (Fsp3) is 0.0714. The van der Waals surface area contributed by atoms with Crippen LogP contribution in [0.3, 0.4) is 0 Å². The first-order chi connectivity index (χ1) is 8.98. The summed E-state index contributed by atoms with van der Waals surface area (Å²) in [6, 6.07) is 12.4. The van der Waals surface area contributed by atoms with Gasteiger partial charge in [-0.25, -0.2) is 4.79 Å². The molecule has 5 heteroatoms. The molecule has 2 rings (SSSR count). The Bertz CT molecular complexity index is 577. The summed E-state index contributed by atoms with van der Waals surface area (Å²) in [5.41, 5.74) is -0.779. The van der Waals surface area contributed by atoms with Crippen molar-refractivity contribution in [3.05, 3.63) is 65.7 Å². The van der Waals surface area contributed by atoms with Crippen molar-refractivity contribution >= 4 is 5.97 Å². The predicted octanol–water partition coefficient (Wildman–Crippen LogP) is 3.92. The first kappa shape index (κ1) is 13.1. The third kappa shape index (κ3) is 3.13. The van der Waals surface area contributed by atoms with Crippen molar-refractivity contribution in [2.24, 2.45) is 0 Å². The molecule has 0 aromatic heterocycles. The van der Waals surface area contributed by atoms with E-state index in [1.54, 1.807) is 18.2 Å². The molecule has 0 heterocycles. The smallest absolute Gasteiger partial charge is 0.419 e. The molecule has 0 spiro atoms. The van der Waals surface area contributed by atoms with Gasteiger partial charge in [-0.1, -0.05) is 30.3 Å². The molecule has 0 saturated carbocycles. The number of carbonyl (C=O) groups is 1. The van der Waals surface area contributed by atoms with Gasteiger partial charge >= 0.3 is 12.1 Å². The molecule has 0 aliphatic heterocycles. The summed E-state index contributed by atoms with van der Waals surface area (Å²) in [7, 11) is 0. The minimum Gasteiger partial charge on any atom is -0.422 e. The van der Waals surface area contributed by atoms with E-state index in [-0.39, 0.29) is 5.56 Å². The van der Waals surface area contributed by atoms with Crippen LogP contribution in [0, 0.1) is 0 Å². The third-order valence-electron chi connectivity index (χ3n) is 2.40. The van der Waals surface area contributed by atoms with Gasteiger partial charge in [-0.15, -0.1) is 0 Å². The van der Waals surface area contributed by atoms with Gasteiger partial charge in [0.2, 0.25) is 0 Å². The summed E-state index contributed by atoms with van der Waals surface area (Å²) in [6.07, 6.45) is -4.56. The zero-order chi connectivity index (χ0) is 13.9. The Hall–Kier alpha value is -2.30. The minimum absolute atomic E-state index is 0.194. The van der Waals surface area contributed by atoms with E-state index in [1.807, 2.05) is 0 Å². The second-order valence-electron chi connectivity index (χ2n) is 3.75. The molecule has 2 nitrogen and oxygen atoms in total. The maximum Gasteiger partial charge on any atom is 0.419 e. The van der Waals surface area contributed by atoms with E-state index in [0.717, 1.165) is 12.1 Å². The zero-order valence-corrected chi connectivity index (χ0v) is 9.65. The quantitative estimate of drug-likeness (QED) is 0.608. The fourth-order valence-corrected chi connectivity index (χ4v) is 1.52. The SMILES string of the molecule is O=C(Oc1ccccc1C(F)(F)F)c1ccccc1. The second kappa shape index (κ2) is 5.14. The highest BCUT2D eigenvalue weighted by molar-refractivity contribution is 5.91. The Labute approximate surface area is 107 Å². The average Bonchev–Trinajstić information content (AvgIpc) is 2.39. The van der Waals surface area contributed by atoms with Crippen LogP contribution in [0.2, 0.25) is 0 Å². The number of para-hydroxylation sites is 1. The lowest BCUT2D eigenvalue weighted by Gasteiger charge is -2.12. The number of esters is 1. The molecular weight excluding hydrogens is 257 g/mol. The van der Waals surface area contributed by atoms with E-state index in [4.69, 9.17) is 4.74 Å². The molecule has 0 radical (unpaired) electrons. The Morgan fingerprint density at radius 2 is 1.47 bits per heavy atom. The fourth-order valence-electron chi connectivity index (χ4n) is 1.52. The Kier molecular flexibility index (Phi) is 3.55. The summed E-state index contributed by atoms with van der Waals surface area (Å²) in [5, 5.41) is 0. The lowest BCUT2D eigenvalue weighted by atomic mass is 10.2. The molecule has 0 bridgehead atoms. The Balaban J connectivity index is 2.28. The Morgan fingerprint density at radius 3 is 2.11 bits per heavy atom. The van der Waals surface area contributed by atoms with Crippen LogP contribution in [0.25, 0.3) is 0 Å². The van der Waals surface area contributed by atoms with E-state index in [2.05, 4.69) is 0 Å². The maximum atomic E-state index is 12.7. The van der Waals surface area contributed by atoms with Gasteiger partial charge in [0.25, 0.3) is 0 Å². The number of rotatable bonds is 2. The highest BCUT2D eigenvalue weighted by Gasteiger charge is 2.34. The summed E-state index contributed by atoms with van der Waals surface area (Å²) in [6.45, 7) is 0. The molecule has 19 heavy (non-hydrogen) atoms. The lowest BCUT2D eigenvalue weighted by molar-refractivity contribution is -0.138. The molecule has 0 N–H and O–H groups in total. The van der Waals surface area contributed by atoms with Gasteiger partial charge in [0.15, 0.2) is 0 Å². The molecule has 0 unspecified atom stereocenters. The molecule has 0 saturated heterocycles. The van der Waals surface area contributed by atoms with Crippen molar-refractivity contribution < 1.29 is 22.7 Å². The highest BCUT2D eigenvalue weighted by atomic mass is 19.4. The van der Waals surface area contributed by atoms with Crippen LogP contribution in [0.5, 0.6) is 5.75 Å². The lowest BCUT2D eigenvalue weighted by Crippen LogP contribution is -2.13. The minimum atomic E-state index is -4.56. The van der Waals surface area contributed by atoms with E-state index in [9.17, 15) is 18.0 Å². The predicted molar refractivity (Wildman–Crippen MR) is 62.8 cm³/mol. The van der Waals surface area contributed by atoms with Crippen molar-refractivity contribution in [2.75, 3.05) is 0 Å². The van der Waals surface area contributed by atoms with Crippen LogP contribution < -0.4 is 4.74 Å². The number of hydrogen-bond donors (Lipinski definition) is 0. The molecule has 0 amide bonds. The summed E-state index contributed by atoms with van der Waals surface area (Å²) in [5.74, 6) is -1.32. The average molecular weight is 266 g/mol. The van der Waals surface area contributed by atoms with Gasteiger partial charge in [0, 0.05) is 0 Å².